The highest BCUT2D eigenvalue weighted by atomic mass is 35.5. The number of amides is 1. The van der Waals surface area contributed by atoms with Crippen molar-refractivity contribution in [1.29, 1.82) is 0 Å². The molecule has 6 nitrogen and oxygen atoms in total. The summed E-state index contributed by atoms with van der Waals surface area (Å²) in [5.41, 5.74) is 1.64. The number of piperazine rings is 1. The molecule has 1 aromatic heterocycles. The number of benzene rings is 1. The van der Waals surface area contributed by atoms with Gasteiger partial charge in [-0.2, -0.15) is 0 Å². The van der Waals surface area contributed by atoms with Crippen LogP contribution in [0.4, 0.5) is 11.5 Å². The SMILES string of the molecule is CCCOc1cccc(C(=O)Nc2ccc(N3CCNCC3)cn2)c1.Cl. The first-order valence-corrected chi connectivity index (χ1v) is 8.72. The van der Waals surface area contributed by atoms with Crippen LogP contribution in [0, 0.1) is 0 Å². The minimum Gasteiger partial charge on any atom is -0.494 e. The molecule has 0 spiro atoms. The maximum atomic E-state index is 12.4. The van der Waals surface area contributed by atoms with Crippen molar-refractivity contribution in [1.82, 2.24) is 10.3 Å². The molecule has 1 amide bonds. The van der Waals surface area contributed by atoms with Crippen molar-refractivity contribution in [3.63, 3.8) is 0 Å². The van der Waals surface area contributed by atoms with Crippen molar-refractivity contribution in [3.05, 3.63) is 48.2 Å². The summed E-state index contributed by atoms with van der Waals surface area (Å²) >= 11 is 0. The topological polar surface area (TPSA) is 66.5 Å². The van der Waals surface area contributed by atoms with Crippen LogP contribution in [0.25, 0.3) is 0 Å². The predicted molar refractivity (Wildman–Crippen MR) is 107 cm³/mol. The number of aromatic nitrogens is 1. The van der Waals surface area contributed by atoms with Crippen molar-refractivity contribution in [2.45, 2.75) is 13.3 Å². The molecule has 1 fully saturated rings. The van der Waals surface area contributed by atoms with E-state index >= 15 is 0 Å². The molecule has 7 heteroatoms. The number of ether oxygens (including phenoxy) is 1. The Morgan fingerprint density at radius 1 is 1.27 bits per heavy atom. The summed E-state index contributed by atoms with van der Waals surface area (Å²) in [6, 6.07) is 11.0. The highest BCUT2D eigenvalue weighted by Crippen LogP contribution is 2.18. The van der Waals surface area contributed by atoms with Gasteiger partial charge in [-0.3, -0.25) is 4.79 Å². The molecule has 0 aliphatic carbocycles. The average Bonchev–Trinajstić information content (AvgIpc) is 2.68. The van der Waals surface area contributed by atoms with Crippen molar-refractivity contribution < 1.29 is 9.53 Å². The summed E-state index contributed by atoms with van der Waals surface area (Å²) in [6.45, 7) is 6.59. The van der Waals surface area contributed by atoms with Crippen LogP contribution in [0.2, 0.25) is 0 Å². The van der Waals surface area contributed by atoms with Gasteiger partial charge in [0.25, 0.3) is 5.91 Å². The monoisotopic (exact) mass is 376 g/mol. The molecule has 26 heavy (non-hydrogen) atoms. The molecule has 2 N–H and O–H groups in total. The van der Waals surface area contributed by atoms with Gasteiger partial charge in [0, 0.05) is 31.7 Å². The fourth-order valence-electron chi connectivity index (χ4n) is 2.71. The number of pyridine rings is 1. The second-order valence-corrected chi connectivity index (χ2v) is 5.97. The fourth-order valence-corrected chi connectivity index (χ4v) is 2.71. The average molecular weight is 377 g/mol. The largest absolute Gasteiger partial charge is 0.494 e. The molecule has 1 aromatic carbocycles. The quantitative estimate of drug-likeness (QED) is 0.811. The minimum atomic E-state index is -0.190. The van der Waals surface area contributed by atoms with Crippen molar-refractivity contribution in [2.24, 2.45) is 0 Å². The number of nitrogens with zero attached hydrogens (tertiary/aromatic N) is 2. The maximum absolute atomic E-state index is 12.4. The zero-order valence-electron chi connectivity index (χ0n) is 14.9. The Hall–Kier alpha value is -2.31. The van der Waals surface area contributed by atoms with Gasteiger partial charge in [0.05, 0.1) is 18.5 Å². The van der Waals surface area contributed by atoms with E-state index in [1.54, 1.807) is 12.1 Å². The van der Waals surface area contributed by atoms with Crippen LogP contribution >= 0.6 is 12.4 Å². The zero-order valence-corrected chi connectivity index (χ0v) is 15.7. The number of carbonyl (C=O) groups is 1. The number of rotatable bonds is 6. The summed E-state index contributed by atoms with van der Waals surface area (Å²) in [6.07, 6.45) is 2.74. The Balaban J connectivity index is 0.00000243. The summed E-state index contributed by atoms with van der Waals surface area (Å²) in [5, 5.41) is 6.16. The van der Waals surface area contributed by atoms with E-state index in [4.69, 9.17) is 4.74 Å². The smallest absolute Gasteiger partial charge is 0.256 e. The van der Waals surface area contributed by atoms with Gasteiger partial charge in [-0.05, 0) is 36.8 Å². The summed E-state index contributed by atoms with van der Waals surface area (Å²) in [7, 11) is 0. The molecule has 0 atom stereocenters. The normalized spacial score (nSPS) is 13.7. The zero-order chi connectivity index (χ0) is 17.5. The van der Waals surface area contributed by atoms with Crippen LogP contribution in [0.15, 0.2) is 42.6 Å². The first-order chi connectivity index (χ1) is 12.3. The van der Waals surface area contributed by atoms with Crippen LogP contribution < -0.4 is 20.3 Å². The molecule has 0 bridgehead atoms. The Bertz CT molecular complexity index is 703. The molecule has 0 unspecified atom stereocenters. The Labute approximate surface area is 160 Å². The van der Waals surface area contributed by atoms with Crippen LogP contribution in [0.5, 0.6) is 5.75 Å². The first kappa shape index (κ1) is 20.0. The van der Waals surface area contributed by atoms with Gasteiger partial charge < -0.3 is 20.3 Å². The molecule has 0 saturated carbocycles. The molecule has 140 valence electrons. The molecule has 1 aliphatic heterocycles. The van der Waals surface area contributed by atoms with Crippen LogP contribution in [0.1, 0.15) is 23.7 Å². The molecule has 2 heterocycles. The van der Waals surface area contributed by atoms with Gasteiger partial charge in [0.15, 0.2) is 0 Å². The highest BCUT2D eigenvalue weighted by Gasteiger charge is 2.12. The number of hydrogen-bond acceptors (Lipinski definition) is 5. The second kappa shape index (κ2) is 9.99. The molecular weight excluding hydrogens is 352 g/mol. The minimum absolute atomic E-state index is 0. The molecule has 0 radical (unpaired) electrons. The van der Waals surface area contributed by atoms with Crippen molar-refractivity contribution in [3.8, 4) is 5.75 Å². The van der Waals surface area contributed by atoms with E-state index in [9.17, 15) is 4.79 Å². The molecule has 1 aliphatic rings. The Morgan fingerprint density at radius 2 is 2.08 bits per heavy atom. The number of carbonyl (C=O) groups excluding carboxylic acids is 1. The number of anilines is 2. The summed E-state index contributed by atoms with van der Waals surface area (Å²) in [4.78, 5) is 19.0. The molecule has 2 aromatic rings. The lowest BCUT2D eigenvalue weighted by molar-refractivity contribution is 0.102. The maximum Gasteiger partial charge on any atom is 0.256 e. The van der Waals surface area contributed by atoms with Gasteiger partial charge in [0.1, 0.15) is 11.6 Å². The number of nitrogens with one attached hydrogen (secondary N) is 2. The van der Waals surface area contributed by atoms with E-state index in [0.29, 0.717) is 23.7 Å². The van der Waals surface area contributed by atoms with E-state index in [0.717, 1.165) is 38.3 Å². The van der Waals surface area contributed by atoms with Crippen LogP contribution in [-0.2, 0) is 0 Å². The van der Waals surface area contributed by atoms with Crippen LogP contribution in [0.3, 0.4) is 0 Å². The number of hydrogen-bond donors (Lipinski definition) is 2. The van der Waals surface area contributed by atoms with Gasteiger partial charge in [0.2, 0.25) is 0 Å². The fraction of sp³-hybridized carbons (Fsp3) is 0.368. The Morgan fingerprint density at radius 3 is 2.77 bits per heavy atom. The van der Waals surface area contributed by atoms with Crippen molar-refractivity contribution in [2.75, 3.05) is 43.0 Å². The Kier molecular flexibility index (Phi) is 7.69. The van der Waals surface area contributed by atoms with E-state index in [-0.39, 0.29) is 18.3 Å². The molecular formula is C19H25ClN4O2. The van der Waals surface area contributed by atoms with Gasteiger partial charge in [-0.1, -0.05) is 13.0 Å². The molecule has 1 saturated heterocycles. The lowest BCUT2D eigenvalue weighted by atomic mass is 10.2. The lowest BCUT2D eigenvalue weighted by Gasteiger charge is -2.29. The third-order valence-electron chi connectivity index (χ3n) is 4.04. The van der Waals surface area contributed by atoms with Crippen molar-refractivity contribution >= 4 is 29.8 Å². The van der Waals surface area contributed by atoms with E-state index in [1.165, 1.54) is 0 Å². The van der Waals surface area contributed by atoms with E-state index in [1.807, 2.05) is 37.4 Å². The van der Waals surface area contributed by atoms with Gasteiger partial charge in [-0.15, -0.1) is 12.4 Å². The van der Waals surface area contributed by atoms with Gasteiger partial charge in [-0.25, -0.2) is 4.98 Å². The van der Waals surface area contributed by atoms with E-state index in [2.05, 4.69) is 20.5 Å². The number of halogens is 1. The van der Waals surface area contributed by atoms with E-state index < -0.39 is 0 Å². The standard InChI is InChI=1S/C19H24N4O2.ClH/c1-2-12-25-17-5-3-4-15(13-17)19(24)22-18-7-6-16(14-21-18)23-10-8-20-9-11-23;/h3-7,13-14,20H,2,8-12H2,1H3,(H,21,22,24);1H. The first-order valence-electron chi connectivity index (χ1n) is 8.72. The predicted octanol–water partition coefficient (Wildman–Crippen LogP) is 2.95. The summed E-state index contributed by atoms with van der Waals surface area (Å²) < 4.78 is 5.57. The second-order valence-electron chi connectivity index (χ2n) is 5.97. The lowest BCUT2D eigenvalue weighted by Crippen LogP contribution is -2.43. The third-order valence-corrected chi connectivity index (χ3v) is 4.04. The van der Waals surface area contributed by atoms with Crippen LogP contribution in [-0.4, -0.2) is 43.7 Å². The summed E-state index contributed by atoms with van der Waals surface area (Å²) in [5.74, 6) is 1.06. The van der Waals surface area contributed by atoms with Gasteiger partial charge >= 0.3 is 0 Å². The third kappa shape index (κ3) is 5.34. The molecule has 3 rings (SSSR count). The highest BCUT2D eigenvalue weighted by molar-refractivity contribution is 6.04.